The first-order chi connectivity index (χ1) is 18.7. The number of halogens is 4. The minimum Gasteiger partial charge on any atom is -0.496 e. The van der Waals surface area contributed by atoms with Crippen LogP contribution < -0.4 is 30.0 Å². The number of nitrogens with one attached hydrogen (secondary N) is 2. The van der Waals surface area contributed by atoms with Crippen LogP contribution in [-0.2, 0) is 18.1 Å². The number of imidazole rings is 1. The summed E-state index contributed by atoms with van der Waals surface area (Å²) in [5.74, 6) is -3.24. The molecule has 206 valence electrons. The zero-order chi connectivity index (χ0) is 28.3. The molecule has 0 saturated heterocycles. The molecular formula is C24H21ClF3N5O6. The van der Waals surface area contributed by atoms with Crippen LogP contribution in [0.5, 0.6) is 23.1 Å². The van der Waals surface area contributed by atoms with Crippen LogP contribution in [0.4, 0.5) is 13.2 Å². The van der Waals surface area contributed by atoms with E-state index in [1.807, 2.05) is 0 Å². The molecule has 1 amide bonds. The summed E-state index contributed by atoms with van der Waals surface area (Å²) in [5.41, 5.74) is -0.930. The van der Waals surface area contributed by atoms with Crippen molar-refractivity contribution >= 4 is 28.7 Å². The molecule has 0 atom stereocenters. The molecule has 0 fully saturated rings. The van der Waals surface area contributed by atoms with Gasteiger partial charge in [0.2, 0.25) is 5.88 Å². The first kappa shape index (κ1) is 27.6. The molecule has 2 heterocycles. The van der Waals surface area contributed by atoms with Crippen LogP contribution in [0.15, 0.2) is 29.1 Å². The fraction of sp³-hybridized carbons (Fsp3) is 0.250. The lowest BCUT2D eigenvalue weighted by molar-refractivity contribution is -0.122. The SMILES string of the molecule is CNC(=O)COc1cc(Cl)c(-n2c(=O)[nH]c3c(OC)nc(CF)nc32)cc1OCc1c(OC)ccc(F)c1F. The van der Waals surface area contributed by atoms with E-state index < -0.39 is 43.1 Å². The molecule has 0 saturated carbocycles. The van der Waals surface area contributed by atoms with Gasteiger partial charge in [-0.2, -0.15) is 4.98 Å². The van der Waals surface area contributed by atoms with Crippen molar-refractivity contribution in [2.45, 2.75) is 13.3 Å². The van der Waals surface area contributed by atoms with Crippen molar-refractivity contribution in [1.82, 2.24) is 24.8 Å². The number of amides is 1. The topological polar surface area (TPSA) is 130 Å². The number of likely N-dealkylation sites (N-methyl/N-ethyl adjacent to an activating group) is 1. The minimum absolute atomic E-state index is 0.00690. The monoisotopic (exact) mass is 567 g/mol. The van der Waals surface area contributed by atoms with Crippen LogP contribution in [0, 0.1) is 11.6 Å². The molecule has 4 rings (SSSR count). The van der Waals surface area contributed by atoms with Gasteiger partial charge in [0.1, 0.15) is 24.5 Å². The Balaban J connectivity index is 1.86. The summed E-state index contributed by atoms with van der Waals surface area (Å²) in [7, 11) is 3.97. The number of benzene rings is 2. The van der Waals surface area contributed by atoms with Crippen LogP contribution in [0.3, 0.4) is 0 Å². The molecule has 11 nitrogen and oxygen atoms in total. The molecule has 0 aliphatic carbocycles. The van der Waals surface area contributed by atoms with Gasteiger partial charge in [0, 0.05) is 19.2 Å². The number of carbonyl (C=O) groups excluding carboxylic acids is 1. The average molecular weight is 568 g/mol. The molecular weight excluding hydrogens is 547 g/mol. The van der Waals surface area contributed by atoms with E-state index in [4.69, 9.17) is 30.5 Å². The Bertz CT molecular complexity index is 1610. The van der Waals surface area contributed by atoms with Crippen LogP contribution >= 0.6 is 11.6 Å². The molecule has 0 aliphatic heterocycles. The predicted octanol–water partition coefficient (Wildman–Crippen LogP) is 3.23. The number of alkyl halides is 1. The lowest BCUT2D eigenvalue weighted by Gasteiger charge is -2.17. The number of ether oxygens (including phenoxy) is 4. The Morgan fingerprint density at radius 3 is 2.51 bits per heavy atom. The summed E-state index contributed by atoms with van der Waals surface area (Å²) in [6.45, 7) is -2.01. The molecule has 2 aromatic carbocycles. The van der Waals surface area contributed by atoms with E-state index >= 15 is 0 Å². The Kier molecular flexibility index (Phi) is 8.14. The third kappa shape index (κ3) is 5.41. The van der Waals surface area contributed by atoms with Crippen molar-refractivity contribution in [3.05, 3.63) is 62.8 Å². The van der Waals surface area contributed by atoms with Crippen molar-refractivity contribution in [2.75, 3.05) is 27.9 Å². The number of H-pyrrole nitrogens is 1. The van der Waals surface area contributed by atoms with Gasteiger partial charge in [0.15, 0.2) is 41.2 Å². The molecule has 15 heteroatoms. The summed E-state index contributed by atoms with van der Waals surface area (Å²) in [6, 6.07) is 4.66. The van der Waals surface area contributed by atoms with E-state index in [9.17, 15) is 22.8 Å². The van der Waals surface area contributed by atoms with E-state index in [1.54, 1.807) is 0 Å². The first-order valence-corrected chi connectivity index (χ1v) is 11.5. The smallest absolute Gasteiger partial charge is 0.332 e. The number of hydrogen-bond acceptors (Lipinski definition) is 8. The lowest BCUT2D eigenvalue weighted by atomic mass is 10.2. The molecule has 0 aliphatic rings. The van der Waals surface area contributed by atoms with Crippen molar-refractivity contribution in [2.24, 2.45) is 0 Å². The van der Waals surface area contributed by atoms with Crippen LogP contribution in [-0.4, -0.2) is 53.3 Å². The number of carbonyl (C=O) groups is 1. The van der Waals surface area contributed by atoms with Gasteiger partial charge in [0.25, 0.3) is 5.91 Å². The zero-order valence-corrected chi connectivity index (χ0v) is 21.5. The number of aromatic amines is 1. The van der Waals surface area contributed by atoms with Gasteiger partial charge < -0.3 is 24.3 Å². The Morgan fingerprint density at radius 2 is 1.85 bits per heavy atom. The molecule has 2 N–H and O–H groups in total. The second-order valence-electron chi connectivity index (χ2n) is 7.79. The Morgan fingerprint density at radius 1 is 1.10 bits per heavy atom. The van der Waals surface area contributed by atoms with Gasteiger partial charge in [-0.1, -0.05) is 11.6 Å². The summed E-state index contributed by atoms with van der Waals surface area (Å²) in [6.07, 6.45) is 0. The fourth-order valence-electron chi connectivity index (χ4n) is 3.62. The maximum atomic E-state index is 14.5. The minimum atomic E-state index is -1.19. The predicted molar refractivity (Wildman–Crippen MR) is 133 cm³/mol. The number of fused-ring (bicyclic) bond motifs is 1. The van der Waals surface area contributed by atoms with Crippen LogP contribution in [0.1, 0.15) is 11.4 Å². The van der Waals surface area contributed by atoms with Crippen molar-refractivity contribution in [3.8, 4) is 28.8 Å². The number of methoxy groups -OCH3 is 2. The summed E-state index contributed by atoms with van der Waals surface area (Å²) in [4.78, 5) is 35.2. The van der Waals surface area contributed by atoms with Gasteiger partial charge in [-0.15, -0.1) is 0 Å². The van der Waals surface area contributed by atoms with Crippen molar-refractivity contribution in [1.29, 1.82) is 0 Å². The summed E-state index contributed by atoms with van der Waals surface area (Å²) < 4.78 is 64.4. The highest BCUT2D eigenvalue weighted by Crippen LogP contribution is 2.37. The van der Waals surface area contributed by atoms with Gasteiger partial charge in [0.05, 0.1) is 30.5 Å². The Hall–Kier alpha value is -4.46. The highest BCUT2D eigenvalue weighted by atomic mass is 35.5. The van der Waals surface area contributed by atoms with Crippen molar-refractivity contribution in [3.63, 3.8) is 0 Å². The maximum absolute atomic E-state index is 14.5. The quantitative estimate of drug-likeness (QED) is 0.299. The Labute approximate surface area is 223 Å². The molecule has 2 aromatic heterocycles. The third-order valence-electron chi connectivity index (χ3n) is 5.50. The molecule has 4 aromatic rings. The molecule has 0 radical (unpaired) electrons. The third-order valence-corrected chi connectivity index (χ3v) is 5.80. The largest absolute Gasteiger partial charge is 0.496 e. The standard InChI is InChI=1S/C24H21ClF3N5O6/c1-29-19(34)10-39-16-6-12(25)14(7-17(16)38-9-11-15(36-2)5-4-13(27)20(11)28)33-22-21(32-24(33)35)23(37-3)31-18(8-26)30-22/h4-7H,8-10H2,1-3H3,(H,29,34)(H,32,35). The first-order valence-electron chi connectivity index (χ1n) is 11.1. The van der Waals surface area contributed by atoms with E-state index in [0.29, 0.717) is 0 Å². The normalized spacial score (nSPS) is 10.9. The summed E-state index contributed by atoms with van der Waals surface area (Å²) >= 11 is 6.48. The molecule has 0 unspecified atom stereocenters. The lowest BCUT2D eigenvalue weighted by Crippen LogP contribution is -2.25. The molecule has 39 heavy (non-hydrogen) atoms. The molecule has 0 bridgehead atoms. The number of hydrogen-bond donors (Lipinski definition) is 2. The van der Waals surface area contributed by atoms with Gasteiger partial charge in [-0.05, 0) is 12.1 Å². The fourth-order valence-corrected chi connectivity index (χ4v) is 3.86. The van der Waals surface area contributed by atoms with E-state index in [0.717, 1.165) is 10.6 Å². The number of aromatic nitrogens is 4. The van der Waals surface area contributed by atoms with Gasteiger partial charge in [-0.25, -0.2) is 27.5 Å². The van der Waals surface area contributed by atoms with E-state index in [-0.39, 0.29) is 56.4 Å². The second kappa shape index (κ2) is 11.5. The van der Waals surface area contributed by atoms with E-state index in [1.165, 1.54) is 39.5 Å². The van der Waals surface area contributed by atoms with Crippen molar-refractivity contribution < 1.29 is 36.9 Å². The van der Waals surface area contributed by atoms with Gasteiger partial charge in [-0.3, -0.25) is 9.78 Å². The van der Waals surface area contributed by atoms with Crippen LogP contribution in [0.25, 0.3) is 16.9 Å². The van der Waals surface area contributed by atoms with E-state index in [2.05, 4.69) is 20.3 Å². The number of rotatable bonds is 10. The number of nitrogens with zero attached hydrogens (tertiary/aromatic N) is 3. The van der Waals surface area contributed by atoms with Gasteiger partial charge >= 0.3 is 5.69 Å². The average Bonchev–Trinajstić information content (AvgIpc) is 3.27. The zero-order valence-electron chi connectivity index (χ0n) is 20.7. The van der Waals surface area contributed by atoms with Crippen LogP contribution in [0.2, 0.25) is 5.02 Å². The summed E-state index contributed by atoms with van der Waals surface area (Å²) in [5, 5.41) is 2.34. The highest BCUT2D eigenvalue weighted by Gasteiger charge is 2.22. The molecule has 0 spiro atoms. The maximum Gasteiger partial charge on any atom is 0.332 e. The second-order valence-corrected chi connectivity index (χ2v) is 8.20. The highest BCUT2D eigenvalue weighted by molar-refractivity contribution is 6.32.